The minimum absolute atomic E-state index is 0.344. The molecule has 0 fully saturated rings. The van der Waals surface area contributed by atoms with E-state index in [2.05, 4.69) is 13.8 Å². The molecule has 0 radical (unpaired) electrons. The Morgan fingerprint density at radius 3 is 1.17 bits per heavy atom. The quantitative estimate of drug-likeness (QED) is 0.693. The number of rotatable bonds is 4. The first-order valence-corrected chi connectivity index (χ1v) is 4.89. The molecule has 74 valence electrons. The SMILES string of the molecule is CCCCO.CCCCO.[O]=[Ti]. The van der Waals surface area contributed by atoms with Gasteiger partial charge in [0, 0.05) is 13.2 Å². The Hall–Kier alpha value is 0.434. The van der Waals surface area contributed by atoms with E-state index in [-0.39, 0.29) is 0 Å². The van der Waals surface area contributed by atoms with Crippen LogP contribution in [0.1, 0.15) is 39.5 Å². The molecule has 12 heavy (non-hydrogen) atoms. The summed E-state index contributed by atoms with van der Waals surface area (Å²) in [6.07, 6.45) is 4.08. The average molecular weight is 212 g/mol. The normalized spacial score (nSPS) is 7.25. The summed E-state index contributed by atoms with van der Waals surface area (Å²) in [5.74, 6) is 0. The van der Waals surface area contributed by atoms with Gasteiger partial charge in [0.05, 0.1) is 0 Å². The molecule has 0 bridgehead atoms. The van der Waals surface area contributed by atoms with Crippen LogP contribution in [0.5, 0.6) is 0 Å². The van der Waals surface area contributed by atoms with Gasteiger partial charge in [0.15, 0.2) is 0 Å². The maximum atomic E-state index is 8.25. The Kier molecular flexibility index (Phi) is 45.8. The number of unbranched alkanes of at least 4 members (excludes halogenated alkanes) is 2. The maximum absolute atomic E-state index is 8.25. The first-order valence-electron chi connectivity index (χ1n) is 4.25. The van der Waals surface area contributed by atoms with Crippen molar-refractivity contribution in [3.63, 3.8) is 0 Å². The number of aliphatic hydroxyl groups is 2. The van der Waals surface area contributed by atoms with Crippen LogP contribution in [-0.2, 0) is 23.7 Å². The van der Waals surface area contributed by atoms with Gasteiger partial charge >= 0.3 is 23.7 Å². The van der Waals surface area contributed by atoms with Gasteiger partial charge in [-0.15, -0.1) is 0 Å². The summed E-state index contributed by atoms with van der Waals surface area (Å²) in [5.41, 5.74) is 0. The number of aliphatic hydroxyl groups excluding tert-OH is 2. The van der Waals surface area contributed by atoms with Gasteiger partial charge in [0.2, 0.25) is 0 Å². The average Bonchev–Trinajstić information content (AvgIpc) is 2.12. The third-order valence-corrected chi connectivity index (χ3v) is 1.02. The minimum atomic E-state index is 0.344. The molecule has 2 N–H and O–H groups in total. The van der Waals surface area contributed by atoms with E-state index in [9.17, 15) is 0 Å². The topological polar surface area (TPSA) is 57.5 Å². The molecule has 0 aliphatic heterocycles. The third-order valence-electron chi connectivity index (χ3n) is 1.02. The van der Waals surface area contributed by atoms with E-state index in [1.54, 1.807) is 0 Å². The van der Waals surface area contributed by atoms with Gasteiger partial charge in [-0.3, -0.25) is 0 Å². The summed E-state index contributed by atoms with van der Waals surface area (Å²) in [5, 5.41) is 16.1. The summed E-state index contributed by atoms with van der Waals surface area (Å²) in [4.78, 5) is 0. The van der Waals surface area contributed by atoms with Crippen molar-refractivity contribution in [1.82, 2.24) is 0 Å². The van der Waals surface area contributed by atoms with Crippen molar-refractivity contribution in [2.24, 2.45) is 0 Å². The molecule has 0 unspecified atom stereocenters. The molecule has 0 saturated carbocycles. The Bertz CT molecular complexity index is 43.6. The zero-order valence-electron chi connectivity index (χ0n) is 8.05. The summed E-state index contributed by atoms with van der Waals surface area (Å²) in [7, 11) is 0. The van der Waals surface area contributed by atoms with E-state index < -0.39 is 0 Å². The van der Waals surface area contributed by atoms with E-state index in [4.69, 9.17) is 13.5 Å². The fraction of sp³-hybridized carbons (Fsp3) is 1.00. The Labute approximate surface area is 86.9 Å². The summed E-state index contributed by atoms with van der Waals surface area (Å²) >= 11 is 0.750. The number of hydrogen-bond donors (Lipinski definition) is 2. The molecule has 0 aromatic carbocycles. The van der Waals surface area contributed by atoms with Crippen molar-refractivity contribution in [1.29, 1.82) is 0 Å². The molecule has 0 atom stereocenters. The van der Waals surface area contributed by atoms with E-state index in [1.807, 2.05) is 0 Å². The van der Waals surface area contributed by atoms with Gasteiger partial charge in [-0.2, -0.15) is 0 Å². The van der Waals surface area contributed by atoms with Gasteiger partial charge in [-0.05, 0) is 12.8 Å². The summed E-state index contributed by atoms with van der Waals surface area (Å²) < 4.78 is 8.25. The van der Waals surface area contributed by atoms with Gasteiger partial charge in [0.1, 0.15) is 0 Å². The summed E-state index contributed by atoms with van der Waals surface area (Å²) in [6, 6.07) is 0. The third kappa shape index (κ3) is 47.2. The molecular formula is C8H20O3Ti. The van der Waals surface area contributed by atoms with Crippen LogP contribution in [0.4, 0.5) is 0 Å². The van der Waals surface area contributed by atoms with Crippen LogP contribution < -0.4 is 0 Å². The second kappa shape index (κ2) is 30.1. The predicted octanol–water partition coefficient (Wildman–Crippen LogP) is 1.44. The van der Waals surface area contributed by atoms with Crippen LogP contribution >= 0.6 is 0 Å². The van der Waals surface area contributed by atoms with Crippen molar-refractivity contribution >= 4 is 0 Å². The zero-order valence-corrected chi connectivity index (χ0v) is 9.61. The van der Waals surface area contributed by atoms with Gasteiger partial charge in [-0.25, -0.2) is 0 Å². The molecule has 0 saturated heterocycles. The molecular weight excluding hydrogens is 192 g/mol. The fourth-order valence-electron chi connectivity index (χ4n) is 0.316. The van der Waals surface area contributed by atoms with Crippen molar-refractivity contribution in [2.75, 3.05) is 13.2 Å². The molecule has 0 amide bonds. The molecule has 0 rings (SSSR count). The van der Waals surface area contributed by atoms with Crippen LogP contribution in [0.15, 0.2) is 0 Å². The zero-order chi connectivity index (χ0) is 10.2. The van der Waals surface area contributed by atoms with Crippen LogP contribution in [-0.4, -0.2) is 23.4 Å². The molecule has 0 aliphatic rings. The van der Waals surface area contributed by atoms with E-state index in [0.717, 1.165) is 46.1 Å². The van der Waals surface area contributed by atoms with E-state index in [1.165, 1.54) is 0 Å². The standard InChI is InChI=1S/2C4H10O.O.Ti/c2*1-2-3-4-5;;/h2*5H,2-4H2,1H3;;. The molecule has 0 spiro atoms. The Balaban J connectivity index is -0.000000112. The monoisotopic (exact) mass is 212 g/mol. The van der Waals surface area contributed by atoms with Crippen LogP contribution in [0, 0.1) is 0 Å². The summed E-state index contributed by atoms with van der Waals surface area (Å²) in [6.45, 7) is 4.79. The molecule has 3 nitrogen and oxygen atoms in total. The Morgan fingerprint density at radius 2 is 1.17 bits per heavy atom. The first-order chi connectivity index (χ1) is 5.83. The van der Waals surface area contributed by atoms with E-state index in [0.29, 0.717) is 13.2 Å². The van der Waals surface area contributed by atoms with E-state index >= 15 is 0 Å². The number of hydrogen-bond acceptors (Lipinski definition) is 3. The van der Waals surface area contributed by atoms with Crippen LogP contribution in [0.25, 0.3) is 0 Å². The molecule has 0 heterocycles. The predicted molar refractivity (Wildman–Crippen MR) is 44.7 cm³/mol. The molecule has 0 aromatic heterocycles. The van der Waals surface area contributed by atoms with Gasteiger partial charge in [0.25, 0.3) is 0 Å². The van der Waals surface area contributed by atoms with Crippen molar-refractivity contribution < 1.29 is 33.9 Å². The fourth-order valence-corrected chi connectivity index (χ4v) is 0.316. The van der Waals surface area contributed by atoms with Crippen molar-refractivity contribution in [3.05, 3.63) is 0 Å². The Morgan fingerprint density at radius 1 is 0.917 bits per heavy atom. The first kappa shape index (κ1) is 18.3. The molecule has 0 aliphatic carbocycles. The molecule has 0 aromatic rings. The van der Waals surface area contributed by atoms with Crippen LogP contribution in [0.3, 0.4) is 0 Å². The van der Waals surface area contributed by atoms with Crippen LogP contribution in [0.2, 0.25) is 0 Å². The second-order valence-corrected chi connectivity index (χ2v) is 2.15. The van der Waals surface area contributed by atoms with Crippen molar-refractivity contribution in [2.45, 2.75) is 39.5 Å². The van der Waals surface area contributed by atoms with Gasteiger partial charge < -0.3 is 10.2 Å². The second-order valence-electron chi connectivity index (χ2n) is 2.15. The van der Waals surface area contributed by atoms with Crippen molar-refractivity contribution in [3.8, 4) is 0 Å². The molecule has 4 heteroatoms. The van der Waals surface area contributed by atoms with Gasteiger partial charge in [-0.1, -0.05) is 26.7 Å².